The monoisotopic (exact) mass is 342 g/mol. The average Bonchev–Trinajstić information content (AvgIpc) is 3.29. The van der Waals surface area contributed by atoms with Crippen molar-refractivity contribution >= 4 is 28.2 Å². The van der Waals surface area contributed by atoms with Gasteiger partial charge in [-0.25, -0.2) is 0 Å². The van der Waals surface area contributed by atoms with Crippen LogP contribution in [0, 0.1) is 19.8 Å². The van der Waals surface area contributed by atoms with Crippen LogP contribution in [0.2, 0.25) is 0 Å². The van der Waals surface area contributed by atoms with Crippen LogP contribution in [0.4, 0.5) is 5.00 Å². The zero-order valence-electron chi connectivity index (χ0n) is 14.3. The predicted octanol–water partition coefficient (Wildman–Crippen LogP) is 3.99. The first-order valence-corrected chi connectivity index (χ1v) is 8.98. The number of anilines is 1. The Morgan fingerprint density at radius 3 is 2.62 bits per heavy atom. The number of aryl methyl sites for hydroxylation is 2. The van der Waals surface area contributed by atoms with Gasteiger partial charge in [-0.3, -0.25) is 9.59 Å². The molecule has 1 saturated carbocycles. The quantitative estimate of drug-likeness (QED) is 0.893. The second-order valence-corrected chi connectivity index (χ2v) is 7.60. The number of amides is 2. The molecule has 1 aliphatic carbocycles. The summed E-state index contributed by atoms with van der Waals surface area (Å²) in [6.07, 6.45) is 1.95. The zero-order valence-corrected chi connectivity index (χ0v) is 15.1. The Bertz CT molecular complexity index is 777. The lowest BCUT2D eigenvalue weighted by Crippen LogP contribution is -2.25. The van der Waals surface area contributed by atoms with Crippen LogP contribution in [0.5, 0.6) is 0 Å². The van der Waals surface area contributed by atoms with Crippen LogP contribution in [0.1, 0.15) is 39.2 Å². The fourth-order valence-electron chi connectivity index (χ4n) is 2.63. The van der Waals surface area contributed by atoms with Gasteiger partial charge >= 0.3 is 0 Å². The molecule has 1 fully saturated rings. The molecule has 5 heteroatoms. The molecule has 0 atom stereocenters. The molecule has 0 aliphatic heterocycles. The standard InChI is InChI=1S/C19H22N2O2S/c1-12-4-5-15(13(2)10-12)11-21(3)19(23)16-8-9-17(24-16)20-18(22)14-6-7-14/h4-5,8-10,14H,6-7,11H2,1-3H3,(H,20,22). The molecule has 0 spiro atoms. The molecule has 1 N–H and O–H groups in total. The van der Waals surface area contributed by atoms with Gasteiger partial charge in [-0.15, -0.1) is 11.3 Å². The normalized spacial score (nSPS) is 13.6. The van der Waals surface area contributed by atoms with Crippen molar-refractivity contribution in [3.63, 3.8) is 0 Å². The molecule has 4 nitrogen and oxygen atoms in total. The average molecular weight is 342 g/mol. The minimum Gasteiger partial charge on any atom is -0.337 e. The fourth-order valence-corrected chi connectivity index (χ4v) is 3.53. The van der Waals surface area contributed by atoms with Crippen molar-refractivity contribution in [2.45, 2.75) is 33.2 Å². The van der Waals surface area contributed by atoms with E-state index in [0.717, 1.165) is 23.4 Å². The number of rotatable bonds is 5. The van der Waals surface area contributed by atoms with Crippen LogP contribution >= 0.6 is 11.3 Å². The zero-order chi connectivity index (χ0) is 17.3. The van der Waals surface area contributed by atoms with Crippen LogP contribution in [0.3, 0.4) is 0 Å². The van der Waals surface area contributed by atoms with Crippen molar-refractivity contribution in [3.8, 4) is 0 Å². The summed E-state index contributed by atoms with van der Waals surface area (Å²) in [6.45, 7) is 4.71. The molecule has 2 aromatic rings. The van der Waals surface area contributed by atoms with Crippen LogP contribution < -0.4 is 5.32 Å². The third kappa shape index (κ3) is 3.85. The van der Waals surface area contributed by atoms with Crippen LogP contribution in [-0.2, 0) is 11.3 Å². The number of nitrogens with one attached hydrogen (secondary N) is 1. The molecule has 1 aromatic carbocycles. The number of hydrogen-bond donors (Lipinski definition) is 1. The summed E-state index contributed by atoms with van der Waals surface area (Å²) in [4.78, 5) is 26.8. The summed E-state index contributed by atoms with van der Waals surface area (Å²) in [6, 6.07) is 9.86. The minimum atomic E-state index is -0.0214. The van der Waals surface area contributed by atoms with Gasteiger partial charge in [0.25, 0.3) is 5.91 Å². The van der Waals surface area contributed by atoms with Crippen molar-refractivity contribution in [1.82, 2.24) is 4.90 Å². The molecule has 0 unspecified atom stereocenters. The van der Waals surface area contributed by atoms with Crippen molar-refractivity contribution in [1.29, 1.82) is 0 Å². The second kappa shape index (κ2) is 6.77. The van der Waals surface area contributed by atoms with E-state index in [2.05, 4.69) is 37.4 Å². The molecule has 1 aliphatic rings. The fraction of sp³-hybridized carbons (Fsp3) is 0.368. The van der Waals surface area contributed by atoms with E-state index in [1.54, 1.807) is 11.0 Å². The topological polar surface area (TPSA) is 49.4 Å². The molecule has 0 saturated heterocycles. The van der Waals surface area contributed by atoms with Crippen LogP contribution in [0.15, 0.2) is 30.3 Å². The highest BCUT2D eigenvalue weighted by atomic mass is 32.1. The second-order valence-electron chi connectivity index (χ2n) is 6.52. The molecule has 2 amide bonds. The highest BCUT2D eigenvalue weighted by molar-refractivity contribution is 7.18. The lowest BCUT2D eigenvalue weighted by Gasteiger charge is -2.18. The number of benzene rings is 1. The maximum Gasteiger partial charge on any atom is 0.264 e. The van der Waals surface area contributed by atoms with Crippen molar-refractivity contribution in [2.24, 2.45) is 5.92 Å². The van der Waals surface area contributed by atoms with Gasteiger partial charge < -0.3 is 10.2 Å². The molecular formula is C19H22N2O2S. The molecule has 0 bridgehead atoms. The summed E-state index contributed by atoms with van der Waals surface area (Å²) < 4.78 is 0. The van der Waals surface area contributed by atoms with E-state index < -0.39 is 0 Å². The Labute approximate surface area is 146 Å². The summed E-state index contributed by atoms with van der Waals surface area (Å²) in [5.74, 6) is 0.213. The van der Waals surface area contributed by atoms with Gasteiger partial charge in [0.1, 0.15) is 0 Å². The summed E-state index contributed by atoms with van der Waals surface area (Å²) in [5.41, 5.74) is 3.56. The third-order valence-corrected chi connectivity index (χ3v) is 5.25. The first-order valence-electron chi connectivity index (χ1n) is 8.16. The lowest BCUT2D eigenvalue weighted by molar-refractivity contribution is -0.117. The van der Waals surface area contributed by atoms with Gasteiger partial charge in [0.2, 0.25) is 5.91 Å². The Hall–Kier alpha value is -2.14. The SMILES string of the molecule is Cc1ccc(CN(C)C(=O)c2ccc(NC(=O)C3CC3)s2)c(C)c1. The highest BCUT2D eigenvalue weighted by Gasteiger charge is 2.30. The van der Waals surface area contributed by atoms with E-state index in [-0.39, 0.29) is 17.7 Å². The van der Waals surface area contributed by atoms with Gasteiger partial charge in [0.05, 0.1) is 9.88 Å². The number of hydrogen-bond acceptors (Lipinski definition) is 3. The largest absolute Gasteiger partial charge is 0.337 e. The molecule has 24 heavy (non-hydrogen) atoms. The van der Waals surface area contributed by atoms with Gasteiger partial charge in [-0.1, -0.05) is 23.8 Å². The first-order chi connectivity index (χ1) is 11.4. The Morgan fingerprint density at radius 2 is 1.96 bits per heavy atom. The number of carbonyl (C=O) groups excluding carboxylic acids is 2. The van der Waals surface area contributed by atoms with Crippen LogP contribution in [0.25, 0.3) is 0 Å². The Morgan fingerprint density at radius 1 is 1.21 bits per heavy atom. The third-order valence-electron chi connectivity index (χ3n) is 4.26. The first kappa shape index (κ1) is 16.7. The van der Waals surface area contributed by atoms with E-state index in [9.17, 15) is 9.59 Å². The van der Waals surface area contributed by atoms with E-state index in [0.29, 0.717) is 11.4 Å². The summed E-state index contributed by atoms with van der Waals surface area (Å²) in [5, 5.41) is 3.64. The van der Waals surface area contributed by atoms with Crippen LogP contribution in [-0.4, -0.2) is 23.8 Å². The molecule has 1 aromatic heterocycles. The minimum absolute atomic E-state index is 0.0214. The molecule has 0 radical (unpaired) electrons. The van der Waals surface area contributed by atoms with Gasteiger partial charge in [0, 0.05) is 19.5 Å². The summed E-state index contributed by atoms with van der Waals surface area (Å²) >= 11 is 1.34. The Kier molecular flexibility index (Phi) is 4.71. The van der Waals surface area contributed by atoms with Gasteiger partial charge in [-0.2, -0.15) is 0 Å². The molecule has 1 heterocycles. The molecule has 126 valence electrons. The van der Waals surface area contributed by atoms with Crippen molar-refractivity contribution in [3.05, 3.63) is 51.9 Å². The number of nitrogens with zero attached hydrogens (tertiary/aromatic N) is 1. The van der Waals surface area contributed by atoms with Crippen molar-refractivity contribution in [2.75, 3.05) is 12.4 Å². The molecule has 3 rings (SSSR count). The smallest absolute Gasteiger partial charge is 0.264 e. The van der Waals surface area contributed by atoms with Gasteiger partial charge in [0.15, 0.2) is 0 Å². The maximum atomic E-state index is 12.6. The number of thiophene rings is 1. The summed E-state index contributed by atoms with van der Waals surface area (Å²) in [7, 11) is 1.81. The van der Waals surface area contributed by atoms with E-state index in [1.807, 2.05) is 13.1 Å². The Balaban J connectivity index is 1.64. The van der Waals surface area contributed by atoms with E-state index >= 15 is 0 Å². The van der Waals surface area contributed by atoms with E-state index in [1.165, 1.54) is 22.5 Å². The molecular weight excluding hydrogens is 320 g/mol. The maximum absolute atomic E-state index is 12.6. The highest BCUT2D eigenvalue weighted by Crippen LogP contribution is 2.32. The van der Waals surface area contributed by atoms with E-state index in [4.69, 9.17) is 0 Å². The van der Waals surface area contributed by atoms with Crippen molar-refractivity contribution < 1.29 is 9.59 Å². The lowest BCUT2D eigenvalue weighted by atomic mass is 10.1. The van der Waals surface area contributed by atoms with Gasteiger partial charge in [-0.05, 0) is 49.9 Å². The number of carbonyl (C=O) groups is 2. The predicted molar refractivity (Wildman–Crippen MR) is 97.4 cm³/mol.